The molecule has 0 radical (unpaired) electrons. The van der Waals surface area contributed by atoms with Crippen molar-refractivity contribution in [3.63, 3.8) is 0 Å². The second-order valence-corrected chi connectivity index (χ2v) is 5.64. The molecule has 17 heavy (non-hydrogen) atoms. The maximum Gasteiger partial charge on any atom is 0.309 e. The fourth-order valence-corrected chi connectivity index (χ4v) is 1.69. The molecule has 0 amide bonds. The van der Waals surface area contributed by atoms with Gasteiger partial charge in [0.25, 0.3) is 0 Å². The SMILES string of the molecule is C[C@H](Cc1ccccc1Cl)C(=O)OC(C)(C)C. The normalized spacial score (nSPS) is 13.2. The van der Waals surface area contributed by atoms with Gasteiger partial charge in [-0.2, -0.15) is 0 Å². The third-order valence-electron chi connectivity index (χ3n) is 2.29. The van der Waals surface area contributed by atoms with Gasteiger partial charge in [0.2, 0.25) is 0 Å². The molecule has 0 saturated heterocycles. The topological polar surface area (TPSA) is 26.3 Å². The van der Waals surface area contributed by atoms with Crippen molar-refractivity contribution < 1.29 is 9.53 Å². The number of benzene rings is 1. The second kappa shape index (κ2) is 5.54. The van der Waals surface area contributed by atoms with Crippen LogP contribution in [0.4, 0.5) is 0 Å². The van der Waals surface area contributed by atoms with Gasteiger partial charge in [0.05, 0.1) is 5.92 Å². The van der Waals surface area contributed by atoms with Crippen LogP contribution in [-0.2, 0) is 16.0 Å². The monoisotopic (exact) mass is 254 g/mol. The van der Waals surface area contributed by atoms with Gasteiger partial charge in [-0.25, -0.2) is 0 Å². The number of carbonyl (C=O) groups is 1. The lowest BCUT2D eigenvalue weighted by atomic mass is 10.0. The minimum Gasteiger partial charge on any atom is -0.460 e. The standard InChI is InChI=1S/C14H19ClO2/c1-10(13(16)17-14(2,3)4)9-11-7-5-6-8-12(11)15/h5-8,10H,9H2,1-4H3/t10-/m1/s1. The molecule has 0 saturated carbocycles. The molecule has 0 bridgehead atoms. The number of esters is 1. The maximum atomic E-state index is 11.8. The van der Waals surface area contributed by atoms with E-state index >= 15 is 0 Å². The van der Waals surface area contributed by atoms with E-state index in [1.807, 2.05) is 52.0 Å². The van der Waals surface area contributed by atoms with Crippen molar-refractivity contribution in [3.8, 4) is 0 Å². The molecule has 2 nitrogen and oxygen atoms in total. The van der Waals surface area contributed by atoms with Crippen LogP contribution in [0.5, 0.6) is 0 Å². The third-order valence-corrected chi connectivity index (χ3v) is 2.66. The molecule has 0 aliphatic rings. The fourth-order valence-electron chi connectivity index (χ4n) is 1.48. The molecular weight excluding hydrogens is 236 g/mol. The average Bonchev–Trinajstić information content (AvgIpc) is 2.18. The highest BCUT2D eigenvalue weighted by Crippen LogP contribution is 2.20. The lowest BCUT2D eigenvalue weighted by Crippen LogP contribution is -2.28. The lowest BCUT2D eigenvalue weighted by Gasteiger charge is -2.22. The van der Waals surface area contributed by atoms with Crippen LogP contribution in [0.25, 0.3) is 0 Å². The highest BCUT2D eigenvalue weighted by molar-refractivity contribution is 6.31. The molecule has 0 fully saturated rings. The molecule has 1 aromatic carbocycles. The van der Waals surface area contributed by atoms with Crippen LogP contribution in [0.15, 0.2) is 24.3 Å². The number of hydrogen-bond donors (Lipinski definition) is 0. The number of halogens is 1. The first-order valence-corrected chi connectivity index (χ1v) is 6.13. The van der Waals surface area contributed by atoms with E-state index in [0.29, 0.717) is 11.4 Å². The Morgan fingerprint density at radius 1 is 1.35 bits per heavy atom. The van der Waals surface area contributed by atoms with E-state index in [-0.39, 0.29) is 11.9 Å². The second-order valence-electron chi connectivity index (χ2n) is 5.23. The van der Waals surface area contributed by atoms with E-state index < -0.39 is 5.60 Å². The predicted octanol–water partition coefficient (Wildman–Crippen LogP) is 3.86. The van der Waals surface area contributed by atoms with Crippen LogP contribution in [0.2, 0.25) is 5.02 Å². The lowest BCUT2D eigenvalue weighted by molar-refractivity contribution is -0.159. The van der Waals surface area contributed by atoms with Crippen molar-refractivity contribution in [2.24, 2.45) is 5.92 Å². The van der Waals surface area contributed by atoms with E-state index in [1.165, 1.54) is 0 Å². The Balaban J connectivity index is 2.64. The van der Waals surface area contributed by atoms with Gasteiger partial charge < -0.3 is 4.74 Å². The molecule has 0 aliphatic carbocycles. The van der Waals surface area contributed by atoms with Crippen LogP contribution in [-0.4, -0.2) is 11.6 Å². The van der Waals surface area contributed by atoms with E-state index in [1.54, 1.807) is 0 Å². The first kappa shape index (κ1) is 14.0. The summed E-state index contributed by atoms with van der Waals surface area (Å²) in [5, 5.41) is 0.697. The van der Waals surface area contributed by atoms with E-state index in [2.05, 4.69) is 0 Å². The molecule has 0 aromatic heterocycles. The zero-order valence-corrected chi connectivity index (χ0v) is 11.5. The summed E-state index contributed by atoms with van der Waals surface area (Å²) in [6.45, 7) is 7.46. The third kappa shape index (κ3) is 4.78. The van der Waals surface area contributed by atoms with Crippen molar-refractivity contribution >= 4 is 17.6 Å². The van der Waals surface area contributed by atoms with Gasteiger partial charge in [0.15, 0.2) is 0 Å². The van der Waals surface area contributed by atoms with Crippen molar-refractivity contribution in [2.45, 2.75) is 39.7 Å². The van der Waals surface area contributed by atoms with E-state index in [9.17, 15) is 4.79 Å². The molecule has 1 atom stereocenters. The van der Waals surface area contributed by atoms with Crippen LogP contribution < -0.4 is 0 Å². The van der Waals surface area contributed by atoms with Gasteiger partial charge in [-0.05, 0) is 38.8 Å². The zero-order chi connectivity index (χ0) is 13.1. The smallest absolute Gasteiger partial charge is 0.309 e. The number of rotatable bonds is 3. The zero-order valence-electron chi connectivity index (χ0n) is 10.8. The Bertz CT molecular complexity index is 393. The molecule has 1 rings (SSSR count). The van der Waals surface area contributed by atoms with Crippen LogP contribution in [0, 0.1) is 5.92 Å². The summed E-state index contributed by atoms with van der Waals surface area (Å²) in [5.41, 5.74) is 0.541. The van der Waals surface area contributed by atoms with Crippen molar-refractivity contribution in [2.75, 3.05) is 0 Å². The summed E-state index contributed by atoms with van der Waals surface area (Å²) in [4.78, 5) is 11.8. The quantitative estimate of drug-likeness (QED) is 0.766. The largest absolute Gasteiger partial charge is 0.460 e. The Morgan fingerprint density at radius 2 is 1.94 bits per heavy atom. The first-order chi connectivity index (χ1) is 7.79. The predicted molar refractivity (Wildman–Crippen MR) is 70.2 cm³/mol. The Labute approximate surface area is 108 Å². The Morgan fingerprint density at radius 3 is 2.47 bits per heavy atom. The van der Waals surface area contributed by atoms with E-state index in [0.717, 1.165) is 5.56 Å². The minimum absolute atomic E-state index is 0.183. The fraction of sp³-hybridized carbons (Fsp3) is 0.500. The number of hydrogen-bond acceptors (Lipinski definition) is 2. The highest BCUT2D eigenvalue weighted by atomic mass is 35.5. The molecule has 0 heterocycles. The van der Waals surface area contributed by atoms with Crippen molar-refractivity contribution in [1.29, 1.82) is 0 Å². The summed E-state index contributed by atoms with van der Waals surface area (Å²) in [6.07, 6.45) is 0.606. The first-order valence-electron chi connectivity index (χ1n) is 5.76. The molecule has 0 spiro atoms. The molecule has 0 aliphatic heterocycles. The molecule has 0 unspecified atom stereocenters. The van der Waals surface area contributed by atoms with Gasteiger partial charge in [0, 0.05) is 5.02 Å². The van der Waals surface area contributed by atoms with Crippen LogP contribution in [0.1, 0.15) is 33.3 Å². The summed E-state index contributed by atoms with van der Waals surface area (Å²) >= 11 is 6.05. The van der Waals surface area contributed by atoms with Gasteiger partial charge in [-0.15, -0.1) is 0 Å². The summed E-state index contributed by atoms with van der Waals surface area (Å²) < 4.78 is 5.33. The van der Waals surface area contributed by atoms with Crippen molar-refractivity contribution in [1.82, 2.24) is 0 Å². The van der Waals surface area contributed by atoms with Crippen LogP contribution in [0.3, 0.4) is 0 Å². The summed E-state index contributed by atoms with van der Waals surface area (Å²) in [7, 11) is 0. The summed E-state index contributed by atoms with van der Waals surface area (Å²) in [5.74, 6) is -0.369. The van der Waals surface area contributed by atoms with Crippen molar-refractivity contribution in [3.05, 3.63) is 34.9 Å². The molecule has 0 N–H and O–H groups in total. The Kier molecular flexibility index (Phi) is 4.58. The summed E-state index contributed by atoms with van der Waals surface area (Å²) in [6, 6.07) is 7.56. The molecule has 1 aromatic rings. The Hall–Kier alpha value is -1.02. The molecule has 3 heteroatoms. The minimum atomic E-state index is -0.439. The van der Waals surface area contributed by atoms with Gasteiger partial charge >= 0.3 is 5.97 Å². The van der Waals surface area contributed by atoms with Crippen LogP contribution >= 0.6 is 11.6 Å². The average molecular weight is 255 g/mol. The molecular formula is C14H19ClO2. The highest BCUT2D eigenvalue weighted by Gasteiger charge is 2.22. The van der Waals surface area contributed by atoms with Gasteiger partial charge in [0.1, 0.15) is 5.60 Å². The maximum absolute atomic E-state index is 11.8. The number of ether oxygens (including phenoxy) is 1. The molecule has 94 valence electrons. The van der Waals surface area contributed by atoms with Gasteiger partial charge in [-0.3, -0.25) is 4.79 Å². The van der Waals surface area contributed by atoms with Gasteiger partial charge in [-0.1, -0.05) is 36.7 Å². The van der Waals surface area contributed by atoms with E-state index in [4.69, 9.17) is 16.3 Å². The number of carbonyl (C=O) groups excluding carboxylic acids is 1.